The molecule has 2 heterocycles. The van der Waals surface area contributed by atoms with Gasteiger partial charge >= 0.3 is 0 Å². The molecule has 0 radical (unpaired) electrons. The molecule has 2 aliphatic rings. The third kappa shape index (κ3) is 2.37. The van der Waals surface area contributed by atoms with Crippen LogP contribution in [0.3, 0.4) is 0 Å². The maximum absolute atomic E-state index is 4.67. The van der Waals surface area contributed by atoms with Crippen molar-refractivity contribution in [3.05, 3.63) is 65.0 Å². The molecule has 2 aromatic rings. The fourth-order valence-electron chi connectivity index (χ4n) is 3.69. The summed E-state index contributed by atoms with van der Waals surface area (Å²) >= 11 is 0. The highest BCUT2D eigenvalue weighted by molar-refractivity contribution is 5.42. The Morgan fingerprint density at radius 3 is 2.67 bits per heavy atom. The number of rotatable bonds is 1. The molecule has 1 aliphatic carbocycles. The van der Waals surface area contributed by atoms with Crippen molar-refractivity contribution in [1.29, 1.82) is 0 Å². The highest BCUT2D eigenvalue weighted by atomic mass is 15.2. The van der Waals surface area contributed by atoms with Gasteiger partial charge in [0, 0.05) is 38.1 Å². The summed E-state index contributed by atoms with van der Waals surface area (Å²) in [6.45, 7) is 4.36. The Bertz CT molecular complexity index is 584. The summed E-state index contributed by atoms with van der Waals surface area (Å²) in [5.41, 5.74) is 5.65. The number of hydrogen-bond acceptors (Lipinski definition) is 3. The maximum Gasteiger partial charge on any atom is 0.0623 e. The van der Waals surface area contributed by atoms with Crippen molar-refractivity contribution in [2.75, 3.05) is 26.2 Å². The first-order valence-electron chi connectivity index (χ1n) is 7.90. The van der Waals surface area contributed by atoms with Gasteiger partial charge in [0.2, 0.25) is 0 Å². The quantitative estimate of drug-likeness (QED) is 0.867. The Labute approximate surface area is 126 Å². The van der Waals surface area contributed by atoms with E-state index in [0.717, 1.165) is 39.0 Å². The van der Waals surface area contributed by atoms with Gasteiger partial charge in [0.05, 0.1) is 6.04 Å². The van der Waals surface area contributed by atoms with Crippen LogP contribution in [0.1, 0.15) is 28.4 Å². The zero-order chi connectivity index (χ0) is 14.1. The Hall–Kier alpha value is -1.71. The Morgan fingerprint density at radius 1 is 0.952 bits per heavy atom. The standard InChI is InChI=1S/C18H21N3/c1-2-5-15-14(4-1)7-8-17-16(6-3-9-20-17)18(15)21-12-10-19-11-13-21/h1-6,9,18-19H,7-8,10-13H2. The summed E-state index contributed by atoms with van der Waals surface area (Å²) in [6.07, 6.45) is 4.09. The van der Waals surface area contributed by atoms with Crippen molar-refractivity contribution in [3.63, 3.8) is 0 Å². The van der Waals surface area contributed by atoms with Crippen molar-refractivity contribution in [1.82, 2.24) is 15.2 Å². The average molecular weight is 279 g/mol. The first-order chi connectivity index (χ1) is 10.4. The largest absolute Gasteiger partial charge is 0.314 e. The van der Waals surface area contributed by atoms with Crippen LogP contribution in [0.25, 0.3) is 0 Å². The Kier molecular flexibility index (Phi) is 3.45. The smallest absolute Gasteiger partial charge is 0.0623 e. The number of nitrogens with one attached hydrogen (secondary N) is 1. The van der Waals surface area contributed by atoms with E-state index in [1.807, 2.05) is 6.20 Å². The van der Waals surface area contributed by atoms with Gasteiger partial charge in [0.1, 0.15) is 0 Å². The fourth-order valence-corrected chi connectivity index (χ4v) is 3.69. The van der Waals surface area contributed by atoms with Crippen LogP contribution >= 0.6 is 0 Å². The lowest BCUT2D eigenvalue weighted by Gasteiger charge is -2.36. The van der Waals surface area contributed by atoms with Gasteiger partial charge < -0.3 is 5.32 Å². The first-order valence-corrected chi connectivity index (χ1v) is 7.90. The van der Waals surface area contributed by atoms with Gasteiger partial charge in [-0.3, -0.25) is 9.88 Å². The summed E-state index contributed by atoms with van der Waals surface area (Å²) in [4.78, 5) is 7.28. The predicted octanol–water partition coefficient (Wildman–Crippen LogP) is 2.17. The molecular formula is C18H21N3. The van der Waals surface area contributed by atoms with E-state index in [1.165, 1.54) is 22.4 Å². The fraction of sp³-hybridized carbons (Fsp3) is 0.389. The molecule has 1 N–H and O–H groups in total. The second kappa shape index (κ2) is 5.58. The van der Waals surface area contributed by atoms with Crippen LogP contribution in [0.2, 0.25) is 0 Å². The minimum Gasteiger partial charge on any atom is -0.314 e. The van der Waals surface area contributed by atoms with Gasteiger partial charge in [-0.1, -0.05) is 30.3 Å². The molecule has 0 saturated carbocycles. The molecule has 1 aromatic carbocycles. The van der Waals surface area contributed by atoms with Gasteiger partial charge in [-0.2, -0.15) is 0 Å². The van der Waals surface area contributed by atoms with Crippen LogP contribution in [-0.4, -0.2) is 36.1 Å². The van der Waals surface area contributed by atoms with Gasteiger partial charge in [0.25, 0.3) is 0 Å². The normalized spacial score (nSPS) is 22.2. The van der Waals surface area contributed by atoms with Gasteiger partial charge in [-0.15, -0.1) is 0 Å². The summed E-state index contributed by atoms with van der Waals surface area (Å²) in [5.74, 6) is 0. The van der Waals surface area contributed by atoms with E-state index in [1.54, 1.807) is 0 Å². The molecule has 1 unspecified atom stereocenters. The SMILES string of the molecule is c1ccc2c(c1)CCc1ncccc1C2N1CCNCC1. The molecule has 1 saturated heterocycles. The lowest BCUT2D eigenvalue weighted by atomic mass is 9.94. The minimum absolute atomic E-state index is 0.370. The third-order valence-electron chi connectivity index (χ3n) is 4.72. The molecule has 108 valence electrons. The van der Waals surface area contributed by atoms with E-state index in [2.05, 4.69) is 51.6 Å². The Balaban J connectivity index is 1.85. The number of fused-ring (bicyclic) bond motifs is 2. The van der Waals surface area contributed by atoms with E-state index >= 15 is 0 Å². The maximum atomic E-state index is 4.67. The van der Waals surface area contributed by atoms with E-state index in [9.17, 15) is 0 Å². The van der Waals surface area contributed by atoms with Crippen LogP contribution in [0.4, 0.5) is 0 Å². The van der Waals surface area contributed by atoms with Crippen LogP contribution in [0, 0.1) is 0 Å². The number of pyridine rings is 1. The number of hydrogen-bond donors (Lipinski definition) is 1. The highest BCUT2D eigenvalue weighted by Gasteiger charge is 2.29. The number of aromatic nitrogens is 1. The molecule has 0 spiro atoms. The van der Waals surface area contributed by atoms with Gasteiger partial charge in [0.15, 0.2) is 0 Å². The second-order valence-corrected chi connectivity index (χ2v) is 5.93. The van der Waals surface area contributed by atoms with Crippen LogP contribution in [0.15, 0.2) is 42.6 Å². The molecule has 1 atom stereocenters. The van der Waals surface area contributed by atoms with Crippen molar-refractivity contribution in [3.8, 4) is 0 Å². The molecule has 1 aromatic heterocycles. The minimum atomic E-state index is 0.370. The van der Waals surface area contributed by atoms with Crippen LogP contribution in [0.5, 0.6) is 0 Å². The highest BCUT2D eigenvalue weighted by Crippen LogP contribution is 2.35. The monoisotopic (exact) mass is 279 g/mol. The second-order valence-electron chi connectivity index (χ2n) is 5.93. The van der Waals surface area contributed by atoms with Crippen molar-refractivity contribution in [2.45, 2.75) is 18.9 Å². The topological polar surface area (TPSA) is 28.2 Å². The molecular weight excluding hydrogens is 258 g/mol. The van der Waals surface area contributed by atoms with Crippen LogP contribution < -0.4 is 5.32 Å². The molecule has 1 fully saturated rings. The predicted molar refractivity (Wildman–Crippen MR) is 84.4 cm³/mol. The summed E-state index contributed by atoms with van der Waals surface area (Å²) in [6, 6.07) is 13.7. The third-order valence-corrected chi connectivity index (χ3v) is 4.72. The lowest BCUT2D eigenvalue weighted by Crippen LogP contribution is -2.45. The summed E-state index contributed by atoms with van der Waals surface area (Å²) in [5, 5.41) is 3.46. The molecule has 0 amide bonds. The average Bonchev–Trinajstić information content (AvgIpc) is 2.72. The number of aryl methyl sites for hydroxylation is 2. The molecule has 21 heavy (non-hydrogen) atoms. The van der Waals surface area contributed by atoms with Gasteiger partial charge in [-0.05, 0) is 35.6 Å². The van der Waals surface area contributed by atoms with Crippen molar-refractivity contribution in [2.24, 2.45) is 0 Å². The molecule has 3 nitrogen and oxygen atoms in total. The number of benzene rings is 1. The molecule has 0 bridgehead atoms. The molecule has 3 heteroatoms. The van der Waals surface area contributed by atoms with Gasteiger partial charge in [-0.25, -0.2) is 0 Å². The number of piperazine rings is 1. The van der Waals surface area contributed by atoms with E-state index in [4.69, 9.17) is 0 Å². The van der Waals surface area contributed by atoms with Crippen molar-refractivity contribution < 1.29 is 0 Å². The lowest BCUT2D eigenvalue weighted by molar-refractivity contribution is 0.197. The van der Waals surface area contributed by atoms with Crippen LogP contribution in [-0.2, 0) is 12.8 Å². The molecule has 4 rings (SSSR count). The number of nitrogens with zero attached hydrogens (tertiary/aromatic N) is 2. The zero-order valence-corrected chi connectivity index (χ0v) is 12.3. The zero-order valence-electron chi connectivity index (χ0n) is 12.3. The van der Waals surface area contributed by atoms with E-state index < -0.39 is 0 Å². The van der Waals surface area contributed by atoms with Crippen molar-refractivity contribution >= 4 is 0 Å². The van der Waals surface area contributed by atoms with E-state index in [0.29, 0.717) is 6.04 Å². The molecule has 1 aliphatic heterocycles. The summed E-state index contributed by atoms with van der Waals surface area (Å²) < 4.78 is 0. The Morgan fingerprint density at radius 2 is 1.76 bits per heavy atom. The first kappa shape index (κ1) is 13.0. The van der Waals surface area contributed by atoms with E-state index in [-0.39, 0.29) is 0 Å². The summed E-state index contributed by atoms with van der Waals surface area (Å²) in [7, 11) is 0.